The molecular formula is C19H35ClN2O. The van der Waals surface area contributed by atoms with Crippen LogP contribution in [0, 0.1) is 0 Å². The quantitative estimate of drug-likeness (QED) is 0.399. The van der Waals surface area contributed by atoms with Crippen molar-refractivity contribution in [2.75, 3.05) is 25.6 Å². The Kier molecular flexibility index (Phi) is 14.3. The Labute approximate surface area is 149 Å². The van der Waals surface area contributed by atoms with E-state index in [1.54, 1.807) is 0 Å². The molecule has 1 aromatic heterocycles. The number of aromatic nitrogens is 1. The molecule has 0 atom stereocenters. The van der Waals surface area contributed by atoms with Crippen molar-refractivity contribution in [1.82, 2.24) is 0 Å². The summed E-state index contributed by atoms with van der Waals surface area (Å²) in [4.78, 5) is 2.10. The van der Waals surface area contributed by atoms with Crippen molar-refractivity contribution in [2.45, 2.75) is 71.4 Å². The van der Waals surface area contributed by atoms with Gasteiger partial charge in [0.1, 0.15) is 0 Å². The zero-order chi connectivity index (χ0) is 16.0. The molecule has 1 heterocycles. The minimum atomic E-state index is 0. The van der Waals surface area contributed by atoms with Crippen LogP contribution in [-0.2, 0) is 11.5 Å². The van der Waals surface area contributed by atoms with Crippen LogP contribution >= 0.6 is 0 Å². The topological polar surface area (TPSA) is 16.4 Å². The lowest BCUT2D eigenvalue weighted by Crippen LogP contribution is -3.00. The molecule has 0 saturated carbocycles. The Morgan fingerprint density at radius 1 is 0.870 bits per heavy atom. The Bertz CT molecular complexity index is 368. The Morgan fingerprint density at radius 3 is 1.91 bits per heavy atom. The summed E-state index contributed by atoms with van der Waals surface area (Å²) in [6.45, 7) is 3.80. The van der Waals surface area contributed by atoms with Gasteiger partial charge < -0.3 is 22.0 Å². The van der Waals surface area contributed by atoms with Crippen molar-refractivity contribution in [3.8, 4) is 0 Å². The van der Waals surface area contributed by atoms with Gasteiger partial charge >= 0.3 is 0 Å². The molecular weight excluding hydrogens is 308 g/mol. The van der Waals surface area contributed by atoms with Crippen LogP contribution in [0.4, 0.5) is 5.69 Å². The standard InChI is InChI=1S/C19H35N2O.ClH/c1-4-5-6-7-8-9-10-11-12-17-22-18-21-15-13-19(14-16-21)20(2)3;/h13-16H,4-12,17-18H2,1-3H3;1H/q+1;/p-1. The van der Waals surface area contributed by atoms with Crippen LogP contribution in [0.2, 0.25) is 0 Å². The van der Waals surface area contributed by atoms with E-state index in [1.807, 2.05) is 0 Å². The van der Waals surface area contributed by atoms with Crippen LogP contribution in [0.5, 0.6) is 0 Å². The van der Waals surface area contributed by atoms with E-state index in [-0.39, 0.29) is 12.4 Å². The van der Waals surface area contributed by atoms with Crippen LogP contribution in [0.15, 0.2) is 24.5 Å². The summed E-state index contributed by atoms with van der Waals surface area (Å²) in [5.41, 5.74) is 1.22. The summed E-state index contributed by atoms with van der Waals surface area (Å²) in [7, 11) is 4.11. The summed E-state index contributed by atoms with van der Waals surface area (Å²) < 4.78 is 7.81. The molecule has 0 fully saturated rings. The van der Waals surface area contributed by atoms with Gasteiger partial charge in [-0.05, 0) is 6.42 Å². The summed E-state index contributed by atoms with van der Waals surface area (Å²) in [5.74, 6) is 0. The number of unbranched alkanes of at least 4 members (excludes halogenated alkanes) is 8. The van der Waals surface area contributed by atoms with Gasteiger partial charge in [-0.15, -0.1) is 0 Å². The first-order valence-corrected chi connectivity index (χ1v) is 8.98. The van der Waals surface area contributed by atoms with Crippen molar-refractivity contribution in [1.29, 1.82) is 0 Å². The summed E-state index contributed by atoms with van der Waals surface area (Å²) in [6, 6.07) is 4.23. The van der Waals surface area contributed by atoms with Crippen molar-refractivity contribution in [2.24, 2.45) is 0 Å². The number of hydrogen-bond donors (Lipinski definition) is 0. The van der Waals surface area contributed by atoms with Crippen molar-refractivity contribution >= 4 is 5.69 Å². The molecule has 0 radical (unpaired) electrons. The zero-order valence-electron chi connectivity index (χ0n) is 15.3. The number of rotatable bonds is 13. The Hall–Kier alpha value is -0.800. The van der Waals surface area contributed by atoms with Gasteiger partial charge in [-0.1, -0.05) is 58.3 Å². The number of anilines is 1. The van der Waals surface area contributed by atoms with Gasteiger partial charge in [0.2, 0.25) is 0 Å². The van der Waals surface area contributed by atoms with E-state index < -0.39 is 0 Å². The van der Waals surface area contributed by atoms with Gasteiger partial charge in [0.15, 0.2) is 12.4 Å². The predicted molar refractivity (Wildman–Crippen MR) is 94.1 cm³/mol. The van der Waals surface area contributed by atoms with E-state index >= 15 is 0 Å². The molecule has 0 aromatic carbocycles. The SMILES string of the molecule is CCCCCCCCCCCOC[n+]1ccc(N(C)C)cc1.[Cl-]. The normalized spacial score (nSPS) is 10.4. The van der Waals surface area contributed by atoms with Gasteiger partial charge in [0.05, 0.1) is 6.61 Å². The highest BCUT2D eigenvalue weighted by Crippen LogP contribution is 2.09. The molecule has 0 saturated heterocycles. The van der Waals surface area contributed by atoms with E-state index in [0.29, 0.717) is 6.73 Å². The van der Waals surface area contributed by atoms with Gasteiger partial charge in [-0.2, -0.15) is 4.57 Å². The van der Waals surface area contributed by atoms with E-state index in [0.717, 1.165) is 6.61 Å². The highest BCUT2D eigenvalue weighted by Gasteiger charge is 2.01. The maximum atomic E-state index is 5.73. The summed E-state index contributed by atoms with van der Waals surface area (Å²) in [6.07, 6.45) is 16.4. The molecule has 0 aliphatic carbocycles. The minimum Gasteiger partial charge on any atom is -1.00 e. The lowest BCUT2D eigenvalue weighted by Gasteiger charge is -2.10. The molecule has 3 nitrogen and oxygen atoms in total. The number of nitrogens with zero attached hydrogens (tertiary/aromatic N) is 2. The van der Waals surface area contributed by atoms with Crippen LogP contribution in [0.25, 0.3) is 0 Å². The molecule has 0 amide bonds. The van der Waals surface area contributed by atoms with Gasteiger partial charge in [-0.25, -0.2) is 0 Å². The fraction of sp³-hybridized carbons (Fsp3) is 0.737. The first-order valence-electron chi connectivity index (χ1n) is 8.98. The average molecular weight is 343 g/mol. The van der Waals surface area contributed by atoms with E-state index in [4.69, 9.17) is 4.74 Å². The monoisotopic (exact) mass is 342 g/mol. The van der Waals surface area contributed by atoms with Crippen LogP contribution in [-0.4, -0.2) is 20.7 Å². The molecule has 0 bridgehead atoms. The maximum Gasteiger partial charge on any atom is 0.252 e. The van der Waals surface area contributed by atoms with Crippen LogP contribution in [0.3, 0.4) is 0 Å². The van der Waals surface area contributed by atoms with Crippen molar-refractivity contribution in [3.05, 3.63) is 24.5 Å². The van der Waals surface area contributed by atoms with Crippen LogP contribution in [0.1, 0.15) is 64.7 Å². The first-order chi connectivity index (χ1) is 10.7. The third kappa shape index (κ3) is 11.4. The molecule has 1 rings (SSSR count). The lowest BCUT2D eigenvalue weighted by atomic mass is 10.1. The smallest absolute Gasteiger partial charge is 0.252 e. The number of hydrogen-bond acceptors (Lipinski definition) is 2. The second-order valence-electron chi connectivity index (χ2n) is 6.33. The highest BCUT2D eigenvalue weighted by molar-refractivity contribution is 5.41. The fourth-order valence-corrected chi connectivity index (χ4v) is 2.52. The van der Waals surface area contributed by atoms with E-state index in [1.165, 1.54) is 63.5 Å². The third-order valence-corrected chi connectivity index (χ3v) is 4.02. The number of pyridine rings is 1. The summed E-state index contributed by atoms with van der Waals surface area (Å²) in [5, 5.41) is 0. The average Bonchev–Trinajstić information content (AvgIpc) is 2.53. The molecule has 1 aromatic rings. The van der Waals surface area contributed by atoms with Gasteiger partial charge in [0.25, 0.3) is 6.73 Å². The highest BCUT2D eigenvalue weighted by atomic mass is 35.5. The van der Waals surface area contributed by atoms with Gasteiger partial charge in [0, 0.05) is 31.9 Å². The molecule has 23 heavy (non-hydrogen) atoms. The van der Waals surface area contributed by atoms with Crippen molar-refractivity contribution in [3.63, 3.8) is 0 Å². The lowest BCUT2D eigenvalue weighted by molar-refractivity contribution is -0.732. The molecule has 4 heteroatoms. The molecule has 0 aliphatic rings. The molecule has 0 spiro atoms. The predicted octanol–water partition coefficient (Wildman–Crippen LogP) is 1.55. The largest absolute Gasteiger partial charge is 1.00 e. The zero-order valence-corrected chi connectivity index (χ0v) is 16.0. The summed E-state index contributed by atoms with van der Waals surface area (Å²) >= 11 is 0. The molecule has 0 aliphatic heterocycles. The molecule has 134 valence electrons. The van der Waals surface area contributed by atoms with E-state index in [9.17, 15) is 0 Å². The third-order valence-electron chi connectivity index (χ3n) is 4.02. The first kappa shape index (κ1) is 22.2. The minimum absolute atomic E-state index is 0. The van der Waals surface area contributed by atoms with Crippen LogP contribution < -0.4 is 21.9 Å². The Balaban J connectivity index is 0.00000484. The second kappa shape index (κ2) is 14.8. The Morgan fingerprint density at radius 2 is 1.39 bits per heavy atom. The molecule has 0 N–H and O–H groups in total. The van der Waals surface area contributed by atoms with Gasteiger partial charge in [-0.3, -0.25) is 0 Å². The van der Waals surface area contributed by atoms with E-state index in [2.05, 4.69) is 55.0 Å². The molecule has 0 unspecified atom stereocenters. The fourth-order valence-electron chi connectivity index (χ4n) is 2.52. The number of halogens is 1. The van der Waals surface area contributed by atoms with Crippen molar-refractivity contribution < 1.29 is 21.7 Å². The maximum absolute atomic E-state index is 5.73. The second-order valence-corrected chi connectivity index (χ2v) is 6.33. The number of ether oxygens (including phenoxy) is 1.